The second-order valence-corrected chi connectivity index (χ2v) is 9.79. The molecule has 0 aliphatic heterocycles. The largest absolute Gasteiger partial charge is 0.462 e. The minimum absolute atomic E-state index is 0.0356. The number of thiophene rings is 1. The molecular formula is C23H21N3O6S2. The predicted molar refractivity (Wildman–Crippen MR) is 127 cm³/mol. The van der Waals surface area contributed by atoms with Crippen LogP contribution in [-0.4, -0.2) is 27.0 Å². The summed E-state index contributed by atoms with van der Waals surface area (Å²) >= 11 is 0.883. The molecule has 0 spiro atoms. The van der Waals surface area contributed by atoms with Gasteiger partial charge in [0.1, 0.15) is 22.6 Å². The van der Waals surface area contributed by atoms with Crippen LogP contribution < -0.4 is 10.5 Å². The lowest BCUT2D eigenvalue weighted by Crippen LogP contribution is -2.13. The number of nitrogens with one attached hydrogen (secondary N) is 1. The van der Waals surface area contributed by atoms with Crippen LogP contribution >= 0.6 is 11.3 Å². The Labute approximate surface area is 200 Å². The number of anilines is 2. The smallest absolute Gasteiger partial charge is 0.348 e. The van der Waals surface area contributed by atoms with Crippen LogP contribution in [-0.2, 0) is 26.1 Å². The molecule has 0 unspecified atom stereocenters. The SMILES string of the molecule is CCOC(=O)c1sc(N)c(C#N)c1COC(=O)c1ccc(S(=O)(=O)Nc2ccc(C)cc2)cc1. The Morgan fingerprint density at radius 2 is 1.71 bits per heavy atom. The molecule has 11 heteroatoms. The zero-order valence-corrected chi connectivity index (χ0v) is 20.0. The molecule has 176 valence electrons. The van der Waals surface area contributed by atoms with Crippen molar-refractivity contribution >= 4 is 44.0 Å². The van der Waals surface area contributed by atoms with Gasteiger partial charge < -0.3 is 15.2 Å². The van der Waals surface area contributed by atoms with E-state index in [-0.39, 0.29) is 44.7 Å². The Kier molecular flexibility index (Phi) is 7.55. The second-order valence-electron chi connectivity index (χ2n) is 7.05. The van der Waals surface area contributed by atoms with E-state index in [1.807, 2.05) is 13.0 Å². The van der Waals surface area contributed by atoms with Crippen LogP contribution in [0.2, 0.25) is 0 Å². The van der Waals surface area contributed by atoms with E-state index in [4.69, 9.17) is 15.2 Å². The van der Waals surface area contributed by atoms with E-state index in [1.54, 1.807) is 31.2 Å². The maximum absolute atomic E-state index is 12.6. The van der Waals surface area contributed by atoms with Crippen molar-refractivity contribution < 1.29 is 27.5 Å². The summed E-state index contributed by atoms with van der Waals surface area (Å²) in [6.07, 6.45) is 0. The van der Waals surface area contributed by atoms with Crippen molar-refractivity contribution in [3.05, 3.63) is 75.7 Å². The van der Waals surface area contributed by atoms with E-state index in [2.05, 4.69) is 4.72 Å². The number of hydrogen-bond donors (Lipinski definition) is 2. The number of benzene rings is 2. The summed E-state index contributed by atoms with van der Waals surface area (Å²) in [5.41, 5.74) is 7.52. The number of nitrogen functional groups attached to an aromatic ring is 1. The molecule has 0 radical (unpaired) electrons. The number of esters is 2. The van der Waals surface area contributed by atoms with E-state index in [0.29, 0.717) is 5.69 Å². The van der Waals surface area contributed by atoms with Gasteiger partial charge in [-0.15, -0.1) is 11.3 Å². The van der Waals surface area contributed by atoms with Crippen molar-refractivity contribution in [2.45, 2.75) is 25.3 Å². The molecule has 0 aliphatic carbocycles. The molecule has 9 nitrogen and oxygen atoms in total. The average Bonchev–Trinajstić information content (AvgIpc) is 3.14. The second kappa shape index (κ2) is 10.4. The molecule has 2 aromatic carbocycles. The lowest BCUT2D eigenvalue weighted by atomic mass is 10.1. The van der Waals surface area contributed by atoms with Gasteiger partial charge in [0.15, 0.2) is 0 Å². The fourth-order valence-electron chi connectivity index (χ4n) is 2.93. The summed E-state index contributed by atoms with van der Waals surface area (Å²) in [5, 5.41) is 9.47. The van der Waals surface area contributed by atoms with Crippen LogP contribution in [0.3, 0.4) is 0 Å². The quantitative estimate of drug-likeness (QED) is 0.444. The van der Waals surface area contributed by atoms with Crippen molar-refractivity contribution in [2.75, 3.05) is 17.1 Å². The maximum atomic E-state index is 12.6. The van der Waals surface area contributed by atoms with Gasteiger partial charge in [0.05, 0.1) is 22.6 Å². The molecule has 0 saturated carbocycles. The van der Waals surface area contributed by atoms with Crippen LogP contribution in [0.4, 0.5) is 10.7 Å². The average molecular weight is 500 g/mol. The number of nitriles is 1. The van der Waals surface area contributed by atoms with Gasteiger partial charge in [-0.05, 0) is 50.2 Å². The molecule has 3 N–H and O–H groups in total. The summed E-state index contributed by atoms with van der Waals surface area (Å²) in [5.74, 6) is -1.43. The number of carbonyl (C=O) groups excluding carboxylic acids is 2. The molecular weight excluding hydrogens is 478 g/mol. The third-order valence-corrected chi connectivity index (χ3v) is 7.10. The van der Waals surface area contributed by atoms with Crippen molar-refractivity contribution in [2.24, 2.45) is 0 Å². The van der Waals surface area contributed by atoms with Crippen molar-refractivity contribution in [1.82, 2.24) is 0 Å². The maximum Gasteiger partial charge on any atom is 0.348 e. The molecule has 0 aliphatic rings. The Bertz CT molecular complexity index is 1360. The Balaban J connectivity index is 1.73. The highest BCUT2D eigenvalue weighted by atomic mass is 32.2. The highest BCUT2D eigenvalue weighted by molar-refractivity contribution is 7.92. The minimum atomic E-state index is -3.85. The fraction of sp³-hybridized carbons (Fsp3) is 0.174. The number of ether oxygens (including phenoxy) is 2. The van der Waals surface area contributed by atoms with E-state index < -0.39 is 22.0 Å². The normalized spacial score (nSPS) is 10.9. The molecule has 0 amide bonds. The standard InChI is InChI=1S/C23H21N3O6S2/c1-3-31-23(28)20-19(18(12-24)21(25)33-20)13-32-22(27)15-6-10-17(11-7-15)34(29,30)26-16-8-4-14(2)5-9-16/h4-11,26H,3,13,25H2,1-2H3. The molecule has 0 saturated heterocycles. The first-order valence-electron chi connectivity index (χ1n) is 10.0. The number of sulfonamides is 1. The highest BCUT2D eigenvalue weighted by Gasteiger charge is 2.24. The van der Waals surface area contributed by atoms with Gasteiger partial charge in [0, 0.05) is 11.3 Å². The van der Waals surface area contributed by atoms with Gasteiger partial charge in [-0.1, -0.05) is 17.7 Å². The Hall–Kier alpha value is -3.88. The first-order valence-corrected chi connectivity index (χ1v) is 12.3. The number of nitrogens with two attached hydrogens (primary N) is 1. The van der Waals surface area contributed by atoms with E-state index >= 15 is 0 Å². The number of aryl methyl sites for hydroxylation is 1. The first kappa shape index (κ1) is 24.8. The molecule has 3 rings (SSSR count). The fourth-order valence-corrected chi connectivity index (χ4v) is 4.91. The number of nitrogens with zero attached hydrogens (tertiary/aromatic N) is 1. The first-order chi connectivity index (χ1) is 16.2. The topological polar surface area (TPSA) is 149 Å². The molecule has 3 aromatic rings. The monoisotopic (exact) mass is 499 g/mol. The summed E-state index contributed by atoms with van der Waals surface area (Å²) in [7, 11) is -3.85. The lowest BCUT2D eigenvalue weighted by Gasteiger charge is -2.10. The van der Waals surface area contributed by atoms with Gasteiger partial charge in [-0.3, -0.25) is 4.72 Å². The van der Waals surface area contributed by atoms with Crippen LogP contribution in [0.5, 0.6) is 0 Å². The summed E-state index contributed by atoms with van der Waals surface area (Å²) in [4.78, 5) is 24.7. The number of carbonyl (C=O) groups is 2. The molecule has 1 heterocycles. The lowest BCUT2D eigenvalue weighted by molar-refractivity contribution is 0.0452. The molecule has 0 bridgehead atoms. The van der Waals surface area contributed by atoms with Gasteiger partial charge in [0.2, 0.25) is 0 Å². The van der Waals surface area contributed by atoms with E-state index in [0.717, 1.165) is 16.9 Å². The zero-order valence-electron chi connectivity index (χ0n) is 18.3. The summed E-state index contributed by atoms with van der Waals surface area (Å²) < 4.78 is 37.9. The Morgan fingerprint density at radius 1 is 1.06 bits per heavy atom. The Morgan fingerprint density at radius 3 is 2.29 bits per heavy atom. The molecule has 0 atom stereocenters. The minimum Gasteiger partial charge on any atom is -0.462 e. The van der Waals surface area contributed by atoms with Crippen LogP contribution in [0.15, 0.2) is 53.4 Å². The van der Waals surface area contributed by atoms with Gasteiger partial charge >= 0.3 is 11.9 Å². The van der Waals surface area contributed by atoms with Gasteiger partial charge in [0.25, 0.3) is 10.0 Å². The number of hydrogen-bond acceptors (Lipinski definition) is 9. The van der Waals surface area contributed by atoms with Crippen molar-refractivity contribution in [1.29, 1.82) is 5.26 Å². The van der Waals surface area contributed by atoms with E-state index in [9.17, 15) is 23.3 Å². The highest BCUT2D eigenvalue weighted by Crippen LogP contribution is 2.32. The number of rotatable bonds is 8. The predicted octanol–water partition coefficient (Wildman–Crippen LogP) is 3.84. The van der Waals surface area contributed by atoms with Crippen molar-refractivity contribution in [3.8, 4) is 6.07 Å². The third-order valence-electron chi connectivity index (χ3n) is 4.66. The summed E-state index contributed by atoms with van der Waals surface area (Å²) in [6.45, 7) is 3.28. The molecule has 0 fully saturated rings. The van der Waals surface area contributed by atoms with E-state index in [1.165, 1.54) is 24.3 Å². The zero-order chi connectivity index (χ0) is 24.9. The molecule has 34 heavy (non-hydrogen) atoms. The molecule has 1 aromatic heterocycles. The van der Waals surface area contributed by atoms with Crippen molar-refractivity contribution in [3.63, 3.8) is 0 Å². The van der Waals surface area contributed by atoms with Crippen LogP contribution in [0.1, 0.15) is 43.6 Å². The summed E-state index contributed by atoms with van der Waals surface area (Å²) in [6, 6.07) is 13.9. The van der Waals surface area contributed by atoms with Gasteiger partial charge in [-0.2, -0.15) is 5.26 Å². The third kappa shape index (κ3) is 5.54. The van der Waals surface area contributed by atoms with Crippen LogP contribution in [0, 0.1) is 18.3 Å². The van der Waals surface area contributed by atoms with Gasteiger partial charge in [-0.25, -0.2) is 18.0 Å². The van der Waals surface area contributed by atoms with Crippen LogP contribution in [0.25, 0.3) is 0 Å².